The van der Waals surface area contributed by atoms with Gasteiger partial charge < -0.3 is 14.8 Å². The summed E-state index contributed by atoms with van der Waals surface area (Å²) < 4.78 is 5.25. The van der Waals surface area contributed by atoms with Crippen LogP contribution in [0.2, 0.25) is 5.02 Å². The molecule has 0 saturated heterocycles. The molecule has 4 nitrogen and oxygen atoms in total. The number of aliphatic hydroxyl groups is 1. The Morgan fingerprint density at radius 2 is 2.10 bits per heavy atom. The smallest absolute Gasteiger partial charge is 0.203 e. The van der Waals surface area contributed by atoms with Gasteiger partial charge in [-0.05, 0) is 25.1 Å². The van der Waals surface area contributed by atoms with E-state index in [1.54, 1.807) is 31.2 Å². The molecule has 0 aliphatic carbocycles. The maximum Gasteiger partial charge on any atom is 0.203 e. The fourth-order valence-electron chi connectivity index (χ4n) is 1.96. The normalized spacial score (nSPS) is 13.7. The molecule has 1 heterocycles. The van der Waals surface area contributed by atoms with Gasteiger partial charge in [0.25, 0.3) is 0 Å². The van der Waals surface area contributed by atoms with Crippen LogP contribution in [-0.4, -0.2) is 11.7 Å². The summed E-state index contributed by atoms with van der Waals surface area (Å²) in [6.45, 7) is 2.45. The highest BCUT2D eigenvalue weighted by Crippen LogP contribution is 2.27. The Balaban J connectivity index is 1.96. The lowest BCUT2D eigenvalue weighted by Crippen LogP contribution is -2.35. The minimum atomic E-state index is -1.08. The van der Waals surface area contributed by atoms with Crippen LogP contribution in [0.4, 0.5) is 0 Å². The molecule has 104 valence electrons. The summed E-state index contributed by atoms with van der Waals surface area (Å²) in [5.74, 6) is 0.927. The Morgan fingerprint density at radius 1 is 1.35 bits per heavy atom. The quantitative estimate of drug-likeness (QED) is 0.888. The van der Waals surface area contributed by atoms with Gasteiger partial charge in [-0.1, -0.05) is 29.8 Å². The third-order valence-electron chi connectivity index (χ3n) is 2.99. The number of nitriles is 1. The van der Waals surface area contributed by atoms with Crippen molar-refractivity contribution in [3.05, 3.63) is 58.5 Å². The van der Waals surface area contributed by atoms with Gasteiger partial charge in [0.05, 0.1) is 6.54 Å². The van der Waals surface area contributed by atoms with E-state index >= 15 is 0 Å². The van der Waals surface area contributed by atoms with Crippen molar-refractivity contribution in [2.45, 2.75) is 19.1 Å². The first-order chi connectivity index (χ1) is 9.53. The van der Waals surface area contributed by atoms with Gasteiger partial charge >= 0.3 is 0 Å². The number of nitrogens with one attached hydrogen (secondary N) is 1. The molecule has 0 unspecified atom stereocenters. The molecule has 0 spiro atoms. The van der Waals surface area contributed by atoms with E-state index in [9.17, 15) is 5.11 Å². The first-order valence-corrected chi connectivity index (χ1v) is 6.57. The first kappa shape index (κ1) is 14.6. The maximum absolute atomic E-state index is 10.5. The van der Waals surface area contributed by atoms with Crippen molar-refractivity contribution >= 4 is 11.6 Å². The molecule has 1 aromatic heterocycles. The van der Waals surface area contributed by atoms with Crippen molar-refractivity contribution in [2.75, 3.05) is 6.54 Å². The average Bonchev–Trinajstić information content (AvgIpc) is 2.87. The third-order valence-corrected chi connectivity index (χ3v) is 3.32. The van der Waals surface area contributed by atoms with Gasteiger partial charge in [-0.25, -0.2) is 0 Å². The van der Waals surface area contributed by atoms with E-state index in [1.165, 1.54) is 0 Å². The van der Waals surface area contributed by atoms with E-state index in [1.807, 2.05) is 18.2 Å². The van der Waals surface area contributed by atoms with Gasteiger partial charge in [0.2, 0.25) is 5.76 Å². The Bertz CT molecular complexity index is 629. The summed E-state index contributed by atoms with van der Waals surface area (Å²) in [6.07, 6.45) is 0. The second-order valence-corrected chi connectivity index (χ2v) is 5.14. The van der Waals surface area contributed by atoms with Gasteiger partial charge in [-0.2, -0.15) is 5.26 Å². The number of furan rings is 1. The Kier molecular flexibility index (Phi) is 4.46. The summed E-state index contributed by atoms with van der Waals surface area (Å²) >= 11 is 6.08. The number of nitrogens with zero attached hydrogens (tertiary/aromatic N) is 1. The van der Waals surface area contributed by atoms with Crippen molar-refractivity contribution in [3.8, 4) is 6.07 Å². The van der Waals surface area contributed by atoms with Crippen LogP contribution in [0.25, 0.3) is 0 Å². The lowest BCUT2D eigenvalue weighted by Gasteiger charge is -2.25. The highest BCUT2D eigenvalue weighted by atomic mass is 35.5. The highest BCUT2D eigenvalue weighted by Gasteiger charge is 2.24. The van der Waals surface area contributed by atoms with Crippen molar-refractivity contribution in [1.82, 2.24) is 5.32 Å². The maximum atomic E-state index is 10.5. The van der Waals surface area contributed by atoms with E-state index in [0.29, 0.717) is 29.4 Å². The fraction of sp³-hybridized carbons (Fsp3) is 0.267. The second kappa shape index (κ2) is 6.10. The van der Waals surface area contributed by atoms with Crippen molar-refractivity contribution in [1.29, 1.82) is 5.26 Å². The average molecular weight is 291 g/mol. The van der Waals surface area contributed by atoms with Crippen LogP contribution < -0.4 is 5.32 Å². The lowest BCUT2D eigenvalue weighted by molar-refractivity contribution is 0.0563. The Morgan fingerprint density at radius 3 is 2.75 bits per heavy atom. The van der Waals surface area contributed by atoms with E-state index in [-0.39, 0.29) is 5.76 Å². The molecule has 1 aromatic carbocycles. The van der Waals surface area contributed by atoms with Gasteiger partial charge in [-0.15, -0.1) is 0 Å². The van der Waals surface area contributed by atoms with Gasteiger partial charge in [0, 0.05) is 17.1 Å². The number of halogens is 1. The molecule has 2 aromatic rings. The molecule has 1 atom stereocenters. The molecule has 0 radical (unpaired) electrons. The molecule has 20 heavy (non-hydrogen) atoms. The van der Waals surface area contributed by atoms with Gasteiger partial charge in [0.15, 0.2) is 0 Å². The first-order valence-electron chi connectivity index (χ1n) is 6.20. The van der Waals surface area contributed by atoms with Crippen LogP contribution in [0.15, 0.2) is 40.8 Å². The summed E-state index contributed by atoms with van der Waals surface area (Å²) in [7, 11) is 0. The zero-order valence-electron chi connectivity index (χ0n) is 11.1. The van der Waals surface area contributed by atoms with Crippen LogP contribution in [0.3, 0.4) is 0 Å². The zero-order valence-corrected chi connectivity index (χ0v) is 11.8. The van der Waals surface area contributed by atoms with E-state index in [4.69, 9.17) is 21.3 Å². The van der Waals surface area contributed by atoms with E-state index in [0.717, 1.165) is 0 Å². The molecule has 5 heteroatoms. The monoisotopic (exact) mass is 290 g/mol. The van der Waals surface area contributed by atoms with Crippen LogP contribution in [-0.2, 0) is 12.1 Å². The van der Waals surface area contributed by atoms with Crippen molar-refractivity contribution in [3.63, 3.8) is 0 Å². The minimum Gasteiger partial charge on any atom is -0.449 e. The fourth-order valence-corrected chi connectivity index (χ4v) is 2.29. The van der Waals surface area contributed by atoms with E-state index in [2.05, 4.69) is 5.32 Å². The number of hydrogen-bond acceptors (Lipinski definition) is 4. The molecule has 0 aliphatic heterocycles. The molecule has 0 saturated carbocycles. The minimum absolute atomic E-state index is 0.277. The summed E-state index contributed by atoms with van der Waals surface area (Å²) in [6, 6.07) is 12.5. The molecule has 2 rings (SSSR count). The third kappa shape index (κ3) is 3.40. The molecule has 0 bridgehead atoms. The van der Waals surface area contributed by atoms with Crippen molar-refractivity contribution < 1.29 is 9.52 Å². The van der Waals surface area contributed by atoms with E-state index < -0.39 is 5.60 Å². The molecule has 0 amide bonds. The second-order valence-electron chi connectivity index (χ2n) is 4.74. The van der Waals surface area contributed by atoms with Crippen molar-refractivity contribution in [2.24, 2.45) is 0 Å². The zero-order chi connectivity index (χ0) is 14.6. The summed E-state index contributed by atoms with van der Waals surface area (Å²) in [4.78, 5) is 0. The Hall–Kier alpha value is -1.80. The molecule has 0 aliphatic rings. The van der Waals surface area contributed by atoms with Crippen LogP contribution in [0.5, 0.6) is 0 Å². The predicted molar refractivity (Wildman–Crippen MR) is 76.2 cm³/mol. The number of benzene rings is 1. The largest absolute Gasteiger partial charge is 0.449 e. The van der Waals surface area contributed by atoms with Gasteiger partial charge in [-0.3, -0.25) is 0 Å². The molecular formula is C15H15ClN2O2. The SMILES string of the molecule is C[C@@](O)(CNCc1ccc(C#N)o1)c1ccccc1Cl. The van der Waals surface area contributed by atoms with Gasteiger partial charge in [0.1, 0.15) is 17.4 Å². The number of hydrogen-bond donors (Lipinski definition) is 2. The lowest BCUT2D eigenvalue weighted by atomic mass is 9.96. The van der Waals surface area contributed by atoms with Crippen LogP contribution in [0.1, 0.15) is 24.0 Å². The highest BCUT2D eigenvalue weighted by molar-refractivity contribution is 6.31. The number of rotatable bonds is 5. The Labute approximate surface area is 122 Å². The molecule has 2 N–H and O–H groups in total. The molecule has 0 fully saturated rings. The van der Waals surface area contributed by atoms with Crippen LogP contribution >= 0.6 is 11.6 Å². The predicted octanol–water partition coefficient (Wildman–Crippen LogP) is 2.80. The molecular weight excluding hydrogens is 276 g/mol. The topological polar surface area (TPSA) is 69.2 Å². The van der Waals surface area contributed by atoms with Crippen LogP contribution in [0, 0.1) is 11.3 Å². The summed E-state index contributed by atoms with van der Waals surface area (Å²) in [5.41, 5.74) is -0.408. The summed E-state index contributed by atoms with van der Waals surface area (Å²) in [5, 5.41) is 22.8. The standard InChI is InChI=1S/C15H15ClN2O2/c1-15(19,13-4-2-3-5-14(13)16)10-18-9-12-7-6-11(8-17)20-12/h2-7,18-19H,9-10H2,1H3/t15-/m1/s1.